The first-order valence-electron chi connectivity index (χ1n) is 7.74. The van der Waals surface area contributed by atoms with Crippen LogP contribution in [-0.4, -0.2) is 10.9 Å². The van der Waals surface area contributed by atoms with Crippen LogP contribution in [0.3, 0.4) is 0 Å². The Bertz CT molecular complexity index is 938. The van der Waals surface area contributed by atoms with Gasteiger partial charge in [0.1, 0.15) is 5.82 Å². The number of anilines is 3. The summed E-state index contributed by atoms with van der Waals surface area (Å²) in [5.41, 5.74) is 0.414. The number of thiazole rings is 1. The van der Waals surface area contributed by atoms with Gasteiger partial charge in [-0.05, 0) is 42.5 Å². The molecule has 0 radical (unpaired) electrons. The van der Waals surface area contributed by atoms with Crippen LogP contribution in [0.25, 0.3) is 0 Å². The molecule has 2 N–H and O–H groups in total. The summed E-state index contributed by atoms with van der Waals surface area (Å²) in [4.78, 5) is 16.2. The third-order valence-electron chi connectivity index (χ3n) is 3.46. The Morgan fingerprint density at radius 1 is 1.07 bits per heavy atom. The van der Waals surface area contributed by atoms with Gasteiger partial charge >= 0.3 is 6.18 Å². The maximum atomic E-state index is 12.9. The zero-order valence-corrected chi connectivity index (χ0v) is 14.5. The molecule has 0 unspecified atom stereocenters. The Morgan fingerprint density at radius 2 is 1.81 bits per heavy atom. The molecule has 0 aliphatic rings. The van der Waals surface area contributed by atoms with Gasteiger partial charge in [0.2, 0.25) is 5.91 Å². The minimum absolute atomic E-state index is 0.0157. The van der Waals surface area contributed by atoms with Crippen molar-refractivity contribution >= 4 is 33.8 Å². The van der Waals surface area contributed by atoms with Crippen LogP contribution in [0.15, 0.2) is 53.9 Å². The lowest BCUT2D eigenvalue weighted by molar-refractivity contribution is -0.137. The lowest BCUT2D eigenvalue weighted by Crippen LogP contribution is -2.14. The molecule has 0 atom stereocenters. The molecule has 140 valence electrons. The van der Waals surface area contributed by atoms with Gasteiger partial charge in [-0.3, -0.25) is 4.79 Å². The van der Waals surface area contributed by atoms with Gasteiger partial charge in [-0.1, -0.05) is 6.07 Å². The average Bonchev–Trinajstić information content (AvgIpc) is 3.03. The van der Waals surface area contributed by atoms with Crippen molar-refractivity contribution in [2.75, 3.05) is 10.6 Å². The van der Waals surface area contributed by atoms with E-state index in [4.69, 9.17) is 0 Å². The Labute approximate surface area is 155 Å². The largest absolute Gasteiger partial charge is 0.416 e. The second-order valence-electron chi connectivity index (χ2n) is 5.58. The van der Waals surface area contributed by atoms with Crippen molar-refractivity contribution in [3.63, 3.8) is 0 Å². The van der Waals surface area contributed by atoms with Crippen LogP contribution in [0, 0.1) is 5.82 Å². The number of carbonyl (C=O) groups is 1. The SMILES string of the molecule is O=C(Cc1csc(Nc2cccc(C(F)(F)F)c2)n1)Nc1ccc(F)cc1. The summed E-state index contributed by atoms with van der Waals surface area (Å²) in [6.45, 7) is 0. The molecule has 0 aliphatic heterocycles. The molecule has 1 amide bonds. The summed E-state index contributed by atoms with van der Waals surface area (Å²) < 4.78 is 51.1. The van der Waals surface area contributed by atoms with Crippen molar-refractivity contribution in [1.82, 2.24) is 4.98 Å². The Hall–Kier alpha value is -2.94. The van der Waals surface area contributed by atoms with E-state index >= 15 is 0 Å². The Morgan fingerprint density at radius 3 is 2.52 bits per heavy atom. The minimum Gasteiger partial charge on any atom is -0.332 e. The van der Waals surface area contributed by atoms with E-state index in [-0.39, 0.29) is 18.0 Å². The number of aromatic nitrogens is 1. The van der Waals surface area contributed by atoms with Crippen molar-refractivity contribution in [2.24, 2.45) is 0 Å². The predicted molar refractivity (Wildman–Crippen MR) is 95.6 cm³/mol. The van der Waals surface area contributed by atoms with Crippen LogP contribution in [0.2, 0.25) is 0 Å². The van der Waals surface area contributed by atoms with Gasteiger partial charge in [0.05, 0.1) is 17.7 Å². The highest BCUT2D eigenvalue weighted by atomic mass is 32.1. The van der Waals surface area contributed by atoms with Gasteiger partial charge in [-0.15, -0.1) is 11.3 Å². The van der Waals surface area contributed by atoms with Gasteiger partial charge in [0.15, 0.2) is 5.13 Å². The maximum absolute atomic E-state index is 12.9. The van der Waals surface area contributed by atoms with E-state index in [0.717, 1.165) is 12.1 Å². The number of halogens is 4. The van der Waals surface area contributed by atoms with E-state index in [1.165, 1.54) is 47.7 Å². The number of hydrogen-bond donors (Lipinski definition) is 2. The predicted octanol–water partition coefficient (Wildman–Crippen LogP) is 5.23. The second-order valence-corrected chi connectivity index (χ2v) is 6.44. The lowest BCUT2D eigenvalue weighted by atomic mass is 10.2. The van der Waals surface area contributed by atoms with Gasteiger partial charge in [0, 0.05) is 16.8 Å². The third kappa shape index (κ3) is 5.27. The highest BCUT2D eigenvalue weighted by Crippen LogP contribution is 2.31. The fourth-order valence-corrected chi connectivity index (χ4v) is 2.98. The maximum Gasteiger partial charge on any atom is 0.416 e. The van der Waals surface area contributed by atoms with E-state index in [9.17, 15) is 22.4 Å². The number of hydrogen-bond acceptors (Lipinski definition) is 4. The first kappa shape index (κ1) is 18.8. The minimum atomic E-state index is -4.43. The van der Waals surface area contributed by atoms with Crippen molar-refractivity contribution in [3.8, 4) is 0 Å². The molecule has 0 fully saturated rings. The number of nitrogens with zero attached hydrogens (tertiary/aromatic N) is 1. The van der Waals surface area contributed by atoms with Crippen LogP contribution >= 0.6 is 11.3 Å². The monoisotopic (exact) mass is 395 g/mol. The fourth-order valence-electron chi connectivity index (χ4n) is 2.25. The van der Waals surface area contributed by atoms with Gasteiger partial charge in [0.25, 0.3) is 0 Å². The molecule has 3 rings (SSSR count). The first-order chi connectivity index (χ1) is 12.8. The molecule has 4 nitrogen and oxygen atoms in total. The van der Waals surface area contributed by atoms with Crippen LogP contribution in [-0.2, 0) is 17.4 Å². The summed E-state index contributed by atoms with van der Waals surface area (Å²) in [6.07, 6.45) is -4.44. The van der Waals surface area contributed by atoms with Crippen molar-refractivity contribution in [3.05, 3.63) is 71.0 Å². The summed E-state index contributed by atoms with van der Waals surface area (Å²) in [5, 5.41) is 7.43. The van der Waals surface area contributed by atoms with Crippen LogP contribution in [0.1, 0.15) is 11.3 Å². The van der Waals surface area contributed by atoms with Gasteiger partial charge < -0.3 is 10.6 Å². The quantitative estimate of drug-likeness (QED) is 0.582. The van der Waals surface area contributed by atoms with E-state index in [0.29, 0.717) is 16.5 Å². The topological polar surface area (TPSA) is 54.0 Å². The molecule has 2 aromatic carbocycles. The van der Waals surface area contributed by atoms with E-state index in [2.05, 4.69) is 15.6 Å². The van der Waals surface area contributed by atoms with Crippen LogP contribution < -0.4 is 10.6 Å². The third-order valence-corrected chi connectivity index (χ3v) is 4.27. The number of carbonyl (C=O) groups excluding carboxylic acids is 1. The average molecular weight is 395 g/mol. The standard InChI is InChI=1S/C18H13F4N3OS/c19-12-4-6-13(7-5-12)23-16(26)9-15-10-27-17(25-15)24-14-3-1-2-11(8-14)18(20,21)22/h1-8,10H,9H2,(H,23,26)(H,24,25). The molecular weight excluding hydrogens is 382 g/mol. The molecule has 0 aliphatic carbocycles. The second kappa shape index (κ2) is 7.75. The molecule has 0 saturated carbocycles. The molecule has 3 aromatic rings. The summed E-state index contributed by atoms with van der Waals surface area (Å²) in [6, 6.07) is 10.1. The van der Waals surface area contributed by atoms with Crippen molar-refractivity contribution < 1.29 is 22.4 Å². The van der Waals surface area contributed by atoms with Gasteiger partial charge in [-0.2, -0.15) is 13.2 Å². The molecule has 0 saturated heterocycles. The fraction of sp³-hybridized carbons (Fsp3) is 0.111. The number of rotatable bonds is 5. The zero-order chi connectivity index (χ0) is 19.4. The molecule has 9 heteroatoms. The number of nitrogens with one attached hydrogen (secondary N) is 2. The number of benzene rings is 2. The van der Waals surface area contributed by atoms with E-state index in [1.54, 1.807) is 5.38 Å². The highest BCUT2D eigenvalue weighted by molar-refractivity contribution is 7.13. The van der Waals surface area contributed by atoms with Crippen LogP contribution in [0.5, 0.6) is 0 Å². The lowest BCUT2D eigenvalue weighted by Gasteiger charge is -2.09. The summed E-state index contributed by atoms with van der Waals surface area (Å²) in [5.74, 6) is -0.740. The first-order valence-corrected chi connectivity index (χ1v) is 8.62. The molecule has 1 heterocycles. The summed E-state index contributed by atoms with van der Waals surface area (Å²) in [7, 11) is 0. The molecule has 0 spiro atoms. The summed E-state index contributed by atoms with van der Waals surface area (Å²) >= 11 is 1.17. The molecular formula is C18H13F4N3OS. The zero-order valence-electron chi connectivity index (χ0n) is 13.7. The van der Waals surface area contributed by atoms with Crippen LogP contribution in [0.4, 0.5) is 34.1 Å². The number of alkyl halides is 3. The Balaban J connectivity index is 1.61. The molecule has 0 bridgehead atoms. The van der Waals surface area contributed by atoms with E-state index in [1.807, 2.05) is 0 Å². The van der Waals surface area contributed by atoms with E-state index < -0.39 is 17.6 Å². The smallest absolute Gasteiger partial charge is 0.332 e. The number of amides is 1. The van der Waals surface area contributed by atoms with Crippen molar-refractivity contribution in [1.29, 1.82) is 0 Å². The Kier molecular flexibility index (Phi) is 5.41. The molecule has 27 heavy (non-hydrogen) atoms. The molecule has 1 aromatic heterocycles. The highest BCUT2D eigenvalue weighted by Gasteiger charge is 2.30. The van der Waals surface area contributed by atoms with Gasteiger partial charge in [-0.25, -0.2) is 9.37 Å². The van der Waals surface area contributed by atoms with Crippen molar-refractivity contribution in [2.45, 2.75) is 12.6 Å². The normalized spacial score (nSPS) is 11.3.